The molecule has 1 aliphatic carbocycles. The van der Waals surface area contributed by atoms with Gasteiger partial charge in [0.15, 0.2) is 0 Å². The molecule has 2 heteroatoms. The van der Waals surface area contributed by atoms with E-state index in [0.29, 0.717) is 0 Å². The van der Waals surface area contributed by atoms with E-state index in [2.05, 4.69) is 0 Å². The number of aliphatic carboxylic acids is 1. The summed E-state index contributed by atoms with van der Waals surface area (Å²) in [6.07, 6.45) is 17.1. The fraction of sp³-hybridized carbons (Fsp3) is 0.941. The zero-order valence-corrected chi connectivity index (χ0v) is 12.8. The highest BCUT2D eigenvalue weighted by Crippen LogP contribution is 2.32. The summed E-state index contributed by atoms with van der Waals surface area (Å²) in [5.74, 6) is -0.586. The van der Waals surface area contributed by atoms with Crippen LogP contribution in [0.15, 0.2) is 0 Å². The summed E-state index contributed by atoms with van der Waals surface area (Å²) in [6.45, 7) is 1.95. The minimum atomic E-state index is -0.586. The Labute approximate surface area is 119 Å². The SMILES string of the molecule is CC1(C(=O)O)CCCCCCCCCCCCCC1. The Morgan fingerprint density at radius 3 is 1.21 bits per heavy atom. The monoisotopic (exact) mass is 268 g/mol. The summed E-state index contributed by atoms with van der Waals surface area (Å²) >= 11 is 0. The molecule has 0 radical (unpaired) electrons. The maximum atomic E-state index is 11.5. The lowest BCUT2D eigenvalue weighted by atomic mass is 9.80. The van der Waals surface area contributed by atoms with Crippen LogP contribution in [0.2, 0.25) is 0 Å². The van der Waals surface area contributed by atoms with Crippen molar-refractivity contribution in [2.75, 3.05) is 0 Å². The van der Waals surface area contributed by atoms with E-state index in [1.165, 1.54) is 64.2 Å². The van der Waals surface area contributed by atoms with E-state index >= 15 is 0 Å². The molecule has 0 amide bonds. The molecule has 1 saturated carbocycles. The zero-order valence-electron chi connectivity index (χ0n) is 12.8. The first-order valence-corrected chi connectivity index (χ1v) is 8.38. The Bertz CT molecular complexity index is 232. The Morgan fingerprint density at radius 2 is 0.947 bits per heavy atom. The van der Waals surface area contributed by atoms with E-state index in [0.717, 1.165) is 25.7 Å². The normalized spacial score (nSPS) is 24.1. The number of carboxylic acids is 1. The van der Waals surface area contributed by atoms with Crippen molar-refractivity contribution in [2.24, 2.45) is 5.41 Å². The molecule has 19 heavy (non-hydrogen) atoms. The molecule has 0 atom stereocenters. The van der Waals surface area contributed by atoms with Gasteiger partial charge in [0.1, 0.15) is 0 Å². The molecule has 0 aromatic rings. The minimum absolute atomic E-state index is 0.472. The van der Waals surface area contributed by atoms with E-state index in [1.54, 1.807) is 0 Å². The Balaban J connectivity index is 2.40. The van der Waals surface area contributed by atoms with Crippen LogP contribution in [-0.2, 0) is 4.79 Å². The third-order valence-electron chi connectivity index (χ3n) is 4.72. The van der Waals surface area contributed by atoms with Crippen LogP contribution in [0.3, 0.4) is 0 Å². The Hall–Kier alpha value is -0.530. The summed E-state index contributed by atoms with van der Waals surface area (Å²) in [7, 11) is 0. The molecule has 0 aliphatic heterocycles. The highest BCUT2D eigenvalue weighted by Gasteiger charge is 2.31. The third kappa shape index (κ3) is 6.98. The number of hydrogen-bond acceptors (Lipinski definition) is 1. The predicted octanol–water partition coefficient (Wildman–Crippen LogP) is 5.55. The van der Waals surface area contributed by atoms with Crippen LogP contribution >= 0.6 is 0 Å². The van der Waals surface area contributed by atoms with E-state index in [1.807, 2.05) is 6.92 Å². The quantitative estimate of drug-likeness (QED) is 0.676. The van der Waals surface area contributed by atoms with E-state index in [4.69, 9.17) is 0 Å². The van der Waals surface area contributed by atoms with Crippen LogP contribution in [0, 0.1) is 5.41 Å². The van der Waals surface area contributed by atoms with Gasteiger partial charge in [0, 0.05) is 0 Å². The van der Waals surface area contributed by atoms with Crippen molar-refractivity contribution >= 4 is 5.97 Å². The van der Waals surface area contributed by atoms with Crippen LogP contribution in [-0.4, -0.2) is 11.1 Å². The van der Waals surface area contributed by atoms with Gasteiger partial charge in [-0.2, -0.15) is 0 Å². The largest absolute Gasteiger partial charge is 0.481 e. The number of hydrogen-bond donors (Lipinski definition) is 1. The van der Waals surface area contributed by atoms with E-state index in [-0.39, 0.29) is 0 Å². The first-order chi connectivity index (χ1) is 9.15. The molecule has 1 rings (SSSR count). The maximum absolute atomic E-state index is 11.5. The highest BCUT2D eigenvalue weighted by molar-refractivity contribution is 5.74. The lowest BCUT2D eigenvalue weighted by Gasteiger charge is -2.24. The van der Waals surface area contributed by atoms with Crippen molar-refractivity contribution in [1.29, 1.82) is 0 Å². The van der Waals surface area contributed by atoms with Crippen LogP contribution in [0.4, 0.5) is 0 Å². The second kappa shape index (κ2) is 9.39. The molecule has 0 aromatic heterocycles. The molecule has 2 nitrogen and oxygen atoms in total. The first kappa shape index (κ1) is 16.5. The second-order valence-corrected chi connectivity index (χ2v) is 6.61. The minimum Gasteiger partial charge on any atom is -0.481 e. The molecule has 0 unspecified atom stereocenters. The standard InChI is InChI=1S/C17H32O2/c1-17(16(18)19)14-12-10-8-6-4-2-3-5-7-9-11-13-15-17/h2-15H2,1H3,(H,18,19). The van der Waals surface area contributed by atoms with Crippen LogP contribution in [0.25, 0.3) is 0 Å². The van der Waals surface area contributed by atoms with Gasteiger partial charge in [-0.25, -0.2) is 0 Å². The van der Waals surface area contributed by atoms with E-state index < -0.39 is 11.4 Å². The Kier molecular flexibility index (Phi) is 8.16. The van der Waals surface area contributed by atoms with Crippen molar-refractivity contribution in [1.82, 2.24) is 0 Å². The van der Waals surface area contributed by atoms with Gasteiger partial charge in [0.2, 0.25) is 0 Å². The molecular formula is C17H32O2. The fourth-order valence-electron chi connectivity index (χ4n) is 3.14. The van der Waals surface area contributed by atoms with Gasteiger partial charge in [-0.15, -0.1) is 0 Å². The van der Waals surface area contributed by atoms with Gasteiger partial charge in [-0.3, -0.25) is 4.79 Å². The molecule has 1 fully saturated rings. The molecule has 0 aromatic carbocycles. The van der Waals surface area contributed by atoms with Crippen molar-refractivity contribution in [3.05, 3.63) is 0 Å². The molecule has 0 saturated heterocycles. The van der Waals surface area contributed by atoms with Crippen LogP contribution in [0.5, 0.6) is 0 Å². The van der Waals surface area contributed by atoms with Crippen LogP contribution < -0.4 is 0 Å². The smallest absolute Gasteiger partial charge is 0.309 e. The molecular weight excluding hydrogens is 236 g/mol. The lowest BCUT2D eigenvalue weighted by Crippen LogP contribution is -2.27. The van der Waals surface area contributed by atoms with Crippen molar-refractivity contribution < 1.29 is 9.90 Å². The number of carbonyl (C=O) groups is 1. The predicted molar refractivity (Wildman–Crippen MR) is 80.4 cm³/mol. The van der Waals surface area contributed by atoms with Crippen molar-refractivity contribution in [2.45, 2.75) is 96.8 Å². The maximum Gasteiger partial charge on any atom is 0.309 e. The second-order valence-electron chi connectivity index (χ2n) is 6.61. The van der Waals surface area contributed by atoms with Crippen molar-refractivity contribution in [3.8, 4) is 0 Å². The lowest BCUT2D eigenvalue weighted by molar-refractivity contribution is -0.149. The topological polar surface area (TPSA) is 37.3 Å². The first-order valence-electron chi connectivity index (χ1n) is 8.38. The molecule has 112 valence electrons. The number of carboxylic acid groups (broad SMARTS) is 1. The summed E-state index contributed by atoms with van der Waals surface area (Å²) < 4.78 is 0. The van der Waals surface area contributed by atoms with Gasteiger partial charge in [-0.05, 0) is 19.8 Å². The Morgan fingerprint density at radius 1 is 0.684 bits per heavy atom. The number of rotatable bonds is 1. The summed E-state index contributed by atoms with van der Waals surface area (Å²) in [6, 6.07) is 0. The molecule has 1 N–H and O–H groups in total. The molecule has 0 heterocycles. The average molecular weight is 268 g/mol. The average Bonchev–Trinajstić information content (AvgIpc) is 2.39. The van der Waals surface area contributed by atoms with Gasteiger partial charge in [0.25, 0.3) is 0 Å². The molecule has 1 aliphatic rings. The fourth-order valence-corrected chi connectivity index (χ4v) is 3.14. The summed E-state index contributed by atoms with van der Waals surface area (Å²) in [5, 5.41) is 9.45. The summed E-state index contributed by atoms with van der Waals surface area (Å²) in [5.41, 5.74) is -0.472. The van der Waals surface area contributed by atoms with Gasteiger partial charge < -0.3 is 5.11 Å². The highest BCUT2D eigenvalue weighted by atomic mass is 16.4. The summed E-state index contributed by atoms with van der Waals surface area (Å²) in [4.78, 5) is 11.5. The van der Waals surface area contributed by atoms with Crippen molar-refractivity contribution in [3.63, 3.8) is 0 Å². The molecule has 0 bridgehead atoms. The molecule has 0 spiro atoms. The van der Waals surface area contributed by atoms with Crippen LogP contribution in [0.1, 0.15) is 96.8 Å². The van der Waals surface area contributed by atoms with E-state index in [9.17, 15) is 9.90 Å². The van der Waals surface area contributed by atoms with Gasteiger partial charge in [0.05, 0.1) is 5.41 Å². The van der Waals surface area contributed by atoms with Gasteiger partial charge in [-0.1, -0.05) is 77.0 Å². The third-order valence-corrected chi connectivity index (χ3v) is 4.72. The van der Waals surface area contributed by atoms with Gasteiger partial charge >= 0.3 is 5.97 Å². The zero-order chi connectivity index (χ0) is 14.0.